The van der Waals surface area contributed by atoms with Crippen molar-refractivity contribution in [3.63, 3.8) is 0 Å². The number of anilines is 1. The van der Waals surface area contributed by atoms with Crippen LogP contribution in [0.5, 0.6) is 0 Å². The van der Waals surface area contributed by atoms with Crippen LogP contribution in [0.2, 0.25) is 0 Å². The highest BCUT2D eigenvalue weighted by Crippen LogP contribution is 2.30. The monoisotopic (exact) mass is 325 g/mol. The van der Waals surface area contributed by atoms with E-state index in [4.69, 9.17) is 5.73 Å². The number of hydrogen-bond acceptors (Lipinski definition) is 3. The lowest BCUT2D eigenvalue weighted by Crippen LogP contribution is -2.64. The van der Waals surface area contributed by atoms with Gasteiger partial charge in [0.1, 0.15) is 0 Å². The van der Waals surface area contributed by atoms with Crippen molar-refractivity contribution in [1.82, 2.24) is 4.90 Å². The average molecular weight is 326 g/mol. The zero-order valence-electron chi connectivity index (χ0n) is 12.3. The molecule has 19 heavy (non-hydrogen) atoms. The number of nitrogens with zero attached hydrogens (tertiary/aromatic N) is 2. The molecule has 0 radical (unpaired) electrons. The Bertz CT molecular complexity index is 459. The van der Waals surface area contributed by atoms with E-state index in [0.29, 0.717) is 12.6 Å². The van der Waals surface area contributed by atoms with Gasteiger partial charge in [-0.25, -0.2) is 0 Å². The second-order valence-corrected chi connectivity index (χ2v) is 7.00. The highest BCUT2D eigenvalue weighted by molar-refractivity contribution is 9.10. The topological polar surface area (TPSA) is 32.5 Å². The Labute approximate surface area is 124 Å². The molecular weight excluding hydrogens is 302 g/mol. The van der Waals surface area contributed by atoms with E-state index in [1.165, 1.54) is 11.3 Å². The van der Waals surface area contributed by atoms with Gasteiger partial charge in [0.25, 0.3) is 0 Å². The maximum absolute atomic E-state index is 5.97. The van der Waals surface area contributed by atoms with Gasteiger partial charge < -0.3 is 10.6 Å². The van der Waals surface area contributed by atoms with Gasteiger partial charge in [-0.3, -0.25) is 4.90 Å². The molecule has 1 aliphatic rings. The molecule has 2 rings (SSSR count). The lowest BCUT2D eigenvalue weighted by atomic mass is 9.95. The Morgan fingerprint density at radius 3 is 2.68 bits per heavy atom. The molecule has 4 heteroatoms. The Kier molecular flexibility index (Phi) is 4.23. The molecule has 1 unspecified atom stereocenters. The molecule has 2 N–H and O–H groups in total. The number of aryl methyl sites for hydroxylation is 1. The summed E-state index contributed by atoms with van der Waals surface area (Å²) in [5.74, 6) is 0. The van der Waals surface area contributed by atoms with Gasteiger partial charge in [0.2, 0.25) is 0 Å². The van der Waals surface area contributed by atoms with Gasteiger partial charge in [-0.1, -0.05) is 15.9 Å². The number of piperazine rings is 1. The molecule has 0 aromatic heterocycles. The van der Waals surface area contributed by atoms with Crippen molar-refractivity contribution >= 4 is 21.6 Å². The van der Waals surface area contributed by atoms with E-state index in [-0.39, 0.29) is 5.54 Å². The average Bonchev–Trinajstić information content (AvgIpc) is 2.35. The number of nitrogens with two attached hydrogens (primary N) is 1. The zero-order chi connectivity index (χ0) is 14.2. The minimum Gasteiger partial charge on any atom is -0.364 e. The van der Waals surface area contributed by atoms with Crippen LogP contribution in [0.25, 0.3) is 0 Å². The van der Waals surface area contributed by atoms with Gasteiger partial charge in [-0.15, -0.1) is 0 Å². The van der Waals surface area contributed by atoms with Gasteiger partial charge in [-0.05, 0) is 51.6 Å². The minimum absolute atomic E-state index is 0.173. The summed E-state index contributed by atoms with van der Waals surface area (Å²) in [6, 6.07) is 6.94. The van der Waals surface area contributed by atoms with E-state index >= 15 is 0 Å². The van der Waals surface area contributed by atoms with Crippen LogP contribution in [0.3, 0.4) is 0 Å². The first-order chi connectivity index (χ1) is 8.85. The Morgan fingerprint density at radius 2 is 2.11 bits per heavy atom. The summed E-state index contributed by atoms with van der Waals surface area (Å²) in [4.78, 5) is 4.87. The normalized spacial score (nSPS) is 23.7. The SMILES string of the molecule is Cc1cc(N2CC(C)(C)N(C)CC2CN)ccc1Br. The molecule has 1 fully saturated rings. The van der Waals surface area contributed by atoms with Crippen LogP contribution in [-0.4, -0.2) is 43.2 Å². The summed E-state index contributed by atoms with van der Waals surface area (Å²) in [5.41, 5.74) is 8.69. The van der Waals surface area contributed by atoms with Crippen molar-refractivity contribution in [1.29, 1.82) is 0 Å². The van der Waals surface area contributed by atoms with Crippen molar-refractivity contribution in [2.24, 2.45) is 5.73 Å². The largest absolute Gasteiger partial charge is 0.364 e. The van der Waals surface area contributed by atoms with Crippen molar-refractivity contribution in [2.75, 3.05) is 31.6 Å². The van der Waals surface area contributed by atoms with Crippen LogP contribution < -0.4 is 10.6 Å². The van der Waals surface area contributed by atoms with Gasteiger partial charge >= 0.3 is 0 Å². The number of hydrogen-bond donors (Lipinski definition) is 1. The third-order valence-corrected chi connectivity index (χ3v) is 5.15. The molecular formula is C15H24BrN3. The van der Waals surface area contributed by atoms with E-state index in [2.05, 4.69) is 71.7 Å². The molecule has 0 amide bonds. The van der Waals surface area contributed by atoms with E-state index in [0.717, 1.165) is 17.6 Å². The Hall–Kier alpha value is -0.580. The fraction of sp³-hybridized carbons (Fsp3) is 0.600. The molecule has 1 aromatic carbocycles. The first-order valence-electron chi connectivity index (χ1n) is 6.79. The van der Waals surface area contributed by atoms with Gasteiger partial charge in [0.15, 0.2) is 0 Å². The van der Waals surface area contributed by atoms with E-state index in [1.807, 2.05) is 0 Å². The number of benzene rings is 1. The molecule has 1 heterocycles. The fourth-order valence-corrected chi connectivity index (χ4v) is 2.89. The van der Waals surface area contributed by atoms with Crippen LogP contribution in [0.1, 0.15) is 19.4 Å². The number of likely N-dealkylation sites (N-methyl/N-ethyl adjacent to an activating group) is 1. The van der Waals surface area contributed by atoms with Gasteiger partial charge in [0, 0.05) is 35.3 Å². The highest BCUT2D eigenvalue weighted by Gasteiger charge is 2.36. The summed E-state index contributed by atoms with van der Waals surface area (Å²) in [5, 5.41) is 0. The van der Waals surface area contributed by atoms with E-state index < -0.39 is 0 Å². The summed E-state index contributed by atoms with van der Waals surface area (Å²) >= 11 is 3.57. The molecule has 0 spiro atoms. The highest BCUT2D eigenvalue weighted by atomic mass is 79.9. The van der Waals surface area contributed by atoms with Gasteiger partial charge in [-0.2, -0.15) is 0 Å². The van der Waals surface area contributed by atoms with Gasteiger partial charge in [0.05, 0.1) is 6.04 Å². The Morgan fingerprint density at radius 1 is 1.42 bits per heavy atom. The van der Waals surface area contributed by atoms with Crippen molar-refractivity contribution in [3.8, 4) is 0 Å². The molecule has 1 saturated heterocycles. The number of rotatable bonds is 2. The summed E-state index contributed by atoms with van der Waals surface area (Å²) < 4.78 is 1.16. The van der Waals surface area contributed by atoms with Crippen molar-refractivity contribution in [2.45, 2.75) is 32.4 Å². The first-order valence-corrected chi connectivity index (χ1v) is 7.58. The summed E-state index contributed by atoms with van der Waals surface area (Å²) in [6.07, 6.45) is 0. The summed E-state index contributed by atoms with van der Waals surface area (Å²) in [7, 11) is 2.19. The standard InChI is InChI=1S/C15H24BrN3/c1-11-7-12(5-6-14(11)16)19-10-15(2,3)18(4)9-13(19)8-17/h5-7,13H,8-10,17H2,1-4H3. The second-order valence-electron chi connectivity index (χ2n) is 6.14. The molecule has 0 aliphatic carbocycles. The van der Waals surface area contributed by atoms with Crippen LogP contribution in [-0.2, 0) is 0 Å². The lowest BCUT2D eigenvalue weighted by Gasteiger charge is -2.50. The van der Waals surface area contributed by atoms with Crippen molar-refractivity contribution in [3.05, 3.63) is 28.2 Å². The molecule has 106 valence electrons. The van der Waals surface area contributed by atoms with Crippen LogP contribution in [0.15, 0.2) is 22.7 Å². The van der Waals surface area contributed by atoms with Crippen molar-refractivity contribution < 1.29 is 0 Å². The maximum atomic E-state index is 5.97. The summed E-state index contributed by atoms with van der Waals surface area (Å²) in [6.45, 7) is 9.42. The molecule has 1 aromatic rings. The smallest absolute Gasteiger partial charge is 0.0540 e. The minimum atomic E-state index is 0.173. The predicted molar refractivity (Wildman–Crippen MR) is 85.8 cm³/mol. The molecule has 0 bridgehead atoms. The third kappa shape index (κ3) is 2.96. The van der Waals surface area contributed by atoms with Crippen LogP contribution in [0, 0.1) is 6.92 Å². The Balaban J connectivity index is 2.32. The van der Waals surface area contributed by atoms with Crippen LogP contribution in [0.4, 0.5) is 5.69 Å². The fourth-order valence-electron chi connectivity index (χ4n) is 2.64. The molecule has 0 saturated carbocycles. The van der Waals surface area contributed by atoms with E-state index in [9.17, 15) is 0 Å². The quantitative estimate of drug-likeness (QED) is 0.907. The first kappa shape index (κ1) is 14.8. The van der Waals surface area contributed by atoms with E-state index in [1.54, 1.807) is 0 Å². The molecule has 3 nitrogen and oxygen atoms in total. The molecule has 1 aliphatic heterocycles. The number of halogens is 1. The third-order valence-electron chi connectivity index (χ3n) is 4.26. The van der Waals surface area contributed by atoms with Crippen LogP contribution >= 0.6 is 15.9 Å². The lowest BCUT2D eigenvalue weighted by molar-refractivity contribution is 0.116. The zero-order valence-corrected chi connectivity index (χ0v) is 13.9. The second kappa shape index (κ2) is 5.43. The molecule has 1 atom stereocenters. The maximum Gasteiger partial charge on any atom is 0.0540 e. The predicted octanol–water partition coefficient (Wildman–Crippen LogP) is 2.62.